The maximum atomic E-state index is 9.39. The molecule has 6 nitrogen and oxygen atoms in total. The largest absolute Gasteiger partial charge is 0.396 e. The number of hydrogen-bond donors (Lipinski definition) is 4. The van der Waals surface area contributed by atoms with E-state index in [1.165, 1.54) is 12.8 Å². The molecule has 1 aromatic heterocycles. The molecule has 2 rings (SSSR count). The van der Waals surface area contributed by atoms with E-state index in [4.69, 9.17) is 5.73 Å². The second-order valence-electron chi connectivity index (χ2n) is 4.26. The highest BCUT2D eigenvalue weighted by atomic mass is 16.3. The summed E-state index contributed by atoms with van der Waals surface area (Å²) in [6.07, 6.45) is 4.52. The smallest absolute Gasteiger partial charge is 0.243 e. The Morgan fingerprint density at radius 2 is 2.20 bits per heavy atom. The summed E-state index contributed by atoms with van der Waals surface area (Å²) in [6, 6.07) is 0. The van der Waals surface area contributed by atoms with Crippen molar-refractivity contribution in [1.82, 2.24) is 15.2 Å². The van der Waals surface area contributed by atoms with E-state index in [2.05, 4.69) is 20.5 Å². The number of nitrogens with zero attached hydrogens (tertiary/aromatic N) is 2. The van der Waals surface area contributed by atoms with Crippen molar-refractivity contribution < 1.29 is 5.11 Å². The van der Waals surface area contributed by atoms with Gasteiger partial charge < -0.3 is 16.2 Å². The molecule has 0 radical (unpaired) electrons. The summed E-state index contributed by atoms with van der Waals surface area (Å²) in [5.41, 5.74) is 5.42. The van der Waals surface area contributed by atoms with Crippen LogP contribution >= 0.6 is 0 Å². The van der Waals surface area contributed by atoms with Gasteiger partial charge in [0.25, 0.3) is 0 Å². The maximum absolute atomic E-state index is 9.39. The molecule has 1 aromatic rings. The van der Waals surface area contributed by atoms with Gasteiger partial charge in [-0.25, -0.2) is 5.10 Å². The van der Waals surface area contributed by atoms with Crippen LogP contribution in [0.1, 0.15) is 25.7 Å². The van der Waals surface area contributed by atoms with Crippen LogP contribution in [0.3, 0.4) is 0 Å². The number of aliphatic hydroxyl groups excluding tert-OH is 1. The van der Waals surface area contributed by atoms with E-state index in [0.29, 0.717) is 18.4 Å². The molecule has 0 unspecified atom stereocenters. The summed E-state index contributed by atoms with van der Waals surface area (Å²) in [6.45, 7) is 0.931. The van der Waals surface area contributed by atoms with Gasteiger partial charge in [-0.1, -0.05) is 12.8 Å². The Bertz CT molecular complexity index is 318. The molecule has 0 spiro atoms. The average molecular weight is 211 g/mol. The second kappa shape index (κ2) is 4.06. The van der Waals surface area contributed by atoms with Crippen LogP contribution in [-0.2, 0) is 0 Å². The zero-order valence-corrected chi connectivity index (χ0v) is 8.66. The Morgan fingerprint density at radius 1 is 1.47 bits per heavy atom. The first-order chi connectivity index (χ1) is 7.24. The first kappa shape index (κ1) is 10.2. The zero-order valence-electron chi connectivity index (χ0n) is 8.66. The summed E-state index contributed by atoms with van der Waals surface area (Å²) < 4.78 is 0. The lowest BCUT2D eigenvalue weighted by molar-refractivity contribution is 0.142. The highest BCUT2D eigenvalue weighted by Gasteiger charge is 2.33. The van der Waals surface area contributed by atoms with Gasteiger partial charge >= 0.3 is 0 Å². The molecule has 0 amide bonds. The van der Waals surface area contributed by atoms with Crippen LogP contribution in [-0.4, -0.2) is 33.4 Å². The van der Waals surface area contributed by atoms with Gasteiger partial charge in [0, 0.05) is 12.0 Å². The Morgan fingerprint density at radius 3 is 2.73 bits per heavy atom. The van der Waals surface area contributed by atoms with Crippen molar-refractivity contribution in [2.75, 3.05) is 24.2 Å². The van der Waals surface area contributed by atoms with Crippen molar-refractivity contribution in [3.8, 4) is 0 Å². The Labute approximate surface area is 88.3 Å². The molecular formula is C9H17N5O. The molecule has 0 aromatic carbocycles. The first-order valence-corrected chi connectivity index (χ1v) is 5.27. The van der Waals surface area contributed by atoms with Gasteiger partial charge in [0.05, 0.1) is 6.61 Å². The van der Waals surface area contributed by atoms with Crippen LogP contribution in [0.5, 0.6) is 0 Å². The molecule has 1 aliphatic carbocycles. The van der Waals surface area contributed by atoms with Crippen molar-refractivity contribution in [3.05, 3.63) is 0 Å². The van der Waals surface area contributed by atoms with Gasteiger partial charge in [0.15, 0.2) is 0 Å². The lowest BCUT2D eigenvalue weighted by atomic mass is 9.87. The predicted molar refractivity (Wildman–Crippen MR) is 57.3 cm³/mol. The van der Waals surface area contributed by atoms with Crippen molar-refractivity contribution >= 4 is 11.9 Å². The molecule has 0 bridgehead atoms. The Hall–Kier alpha value is -1.30. The van der Waals surface area contributed by atoms with E-state index in [1.54, 1.807) is 0 Å². The topological polar surface area (TPSA) is 99.8 Å². The van der Waals surface area contributed by atoms with Gasteiger partial charge in [-0.15, -0.1) is 5.10 Å². The van der Waals surface area contributed by atoms with Gasteiger partial charge in [-0.05, 0) is 12.8 Å². The molecule has 0 aliphatic heterocycles. The lowest BCUT2D eigenvalue weighted by Gasteiger charge is -2.26. The van der Waals surface area contributed by atoms with Crippen LogP contribution in [0, 0.1) is 5.41 Å². The minimum atomic E-state index is 0.00932. The molecule has 1 aliphatic rings. The third-order valence-corrected chi connectivity index (χ3v) is 3.12. The average Bonchev–Trinajstić information content (AvgIpc) is 2.85. The van der Waals surface area contributed by atoms with Crippen LogP contribution in [0.4, 0.5) is 11.9 Å². The summed E-state index contributed by atoms with van der Waals surface area (Å²) in [5.74, 6) is 0.814. The molecule has 6 heteroatoms. The monoisotopic (exact) mass is 211 g/mol. The molecule has 1 fully saturated rings. The standard InChI is InChI=1S/C9H17N5O/c10-7-12-8(14-13-7)11-5-9(6-15)3-1-2-4-9/h15H,1-6H2,(H4,10,11,12,13,14). The normalized spacial score (nSPS) is 19.3. The van der Waals surface area contributed by atoms with Crippen LogP contribution < -0.4 is 11.1 Å². The van der Waals surface area contributed by atoms with E-state index in [-0.39, 0.29) is 12.0 Å². The SMILES string of the molecule is Nc1nc(NCC2(CO)CCCC2)n[nH]1. The van der Waals surface area contributed by atoms with Crippen LogP contribution in [0.2, 0.25) is 0 Å². The third kappa shape index (κ3) is 2.20. The molecular weight excluding hydrogens is 194 g/mol. The van der Waals surface area contributed by atoms with Crippen molar-refractivity contribution in [1.29, 1.82) is 0 Å². The minimum absolute atomic E-state index is 0.00932. The van der Waals surface area contributed by atoms with Gasteiger partial charge in [0.1, 0.15) is 0 Å². The summed E-state index contributed by atoms with van der Waals surface area (Å²) in [4.78, 5) is 3.96. The fraction of sp³-hybridized carbons (Fsp3) is 0.778. The summed E-state index contributed by atoms with van der Waals surface area (Å²) in [7, 11) is 0. The van der Waals surface area contributed by atoms with Gasteiger partial charge in [-0.3, -0.25) is 0 Å². The molecule has 84 valence electrons. The number of rotatable bonds is 4. The minimum Gasteiger partial charge on any atom is -0.396 e. The number of nitrogens with one attached hydrogen (secondary N) is 2. The van der Waals surface area contributed by atoms with Crippen LogP contribution in [0.25, 0.3) is 0 Å². The zero-order chi connectivity index (χ0) is 10.7. The number of aromatic amines is 1. The fourth-order valence-electron chi connectivity index (χ4n) is 2.14. The van der Waals surface area contributed by atoms with E-state index in [0.717, 1.165) is 12.8 Å². The van der Waals surface area contributed by atoms with Crippen LogP contribution in [0.15, 0.2) is 0 Å². The molecule has 0 saturated heterocycles. The highest BCUT2D eigenvalue weighted by molar-refractivity contribution is 5.30. The van der Waals surface area contributed by atoms with Gasteiger partial charge in [0.2, 0.25) is 11.9 Å². The Kier molecular flexibility index (Phi) is 2.77. The van der Waals surface area contributed by atoms with E-state index >= 15 is 0 Å². The second-order valence-corrected chi connectivity index (χ2v) is 4.26. The number of anilines is 2. The number of aliphatic hydroxyl groups is 1. The fourth-order valence-corrected chi connectivity index (χ4v) is 2.14. The van der Waals surface area contributed by atoms with E-state index in [9.17, 15) is 5.11 Å². The number of aromatic nitrogens is 3. The van der Waals surface area contributed by atoms with E-state index < -0.39 is 0 Å². The lowest BCUT2D eigenvalue weighted by Crippen LogP contribution is -2.30. The molecule has 15 heavy (non-hydrogen) atoms. The van der Waals surface area contributed by atoms with Crippen molar-refractivity contribution in [3.63, 3.8) is 0 Å². The van der Waals surface area contributed by atoms with E-state index in [1.807, 2.05) is 0 Å². The highest BCUT2D eigenvalue weighted by Crippen LogP contribution is 2.37. The first-order valence-electron chi connectivity index (χ1n) is 5.27. The van der Waals surface area contributed by atoms with Crippen molar-refractivity contribution in [2.24, 2.45) is 5.41 Å². The van der Waals surface area contributed by atoms with Gasteiger partial charge in [-0.2, -0.15) is 4.98 Å². The predicted octanol–water partition coefficient (Wildman–Crippen LogP) is 0.351. The number of nitrogens with two attached hydrogens (primary N) is 1. The summed E-state index contributed by atoms with van der Waals surface area (Å²) in [5, 5.41) is 18.9. The molecule has 5 N–H and O–H groups in total. The number of H-pyrrole nitrogens is 1. The summed E-state index contributed by atoms with van der Waals surface area (Å²) >= 11 is 0. The number of hydrogen-bond acceptors (Lipinski definition) is 5. The third-order valence-electron chi connectivity index (χ3n) is 3.12. The molecule has 1 heterocycles. The quantitative estimate of drug-likeness (QED) is 0.576. The number of nitrogen functional groups attached to an aromatic ring is 1. The molecule has 0 atom stereocenters. The molecule has 1 saturated carbocycles. The Balaban J connectivity index is 1.91. The maximum Gasteiger partial charge on any atom is 0.243 e. The van der Waals surface area contributed by atoms with Crippen molar-refractivity contribution in [2.45, 2.75) is 25.7 Å².